The monoisotopic (exact) mass is 425 g/mol. The predicted molar refractivity (Wildman–Crippen MR) is 121 cm³/mol. The molecule has 166 valence electrons. The first-order valence-corrected chi connectivity index (χ1v) is 11.0. The zero-order valence-electron chi connectivity index (χ0n) is 18.6. The molecule has 2 aromatic heterocycles. The second-order valence-corrected chi connectivity index (χ2v) is 8.39. The molecule has 8 heteroatoms. The molecule has 31 heavy (non-hydrogen) atoms. The van der Waals surface area contributed by atoms with Crippen LogP contribution < -0.4 is 15.6 Å². The first-order chi connectivity index (χ1) is 15.0. The van der Waals surface area contributed by atoms with E-state index in [0.29, 0.717) is 29.7 Å². The number of hydrogen-bond donors (Lipinski definition) is 1. The summed E-state index contributed by atoms with van der Waals surface area (Å²) in [5.74, 6) is 1.14. The van der Waals surface area contributed by atoms with Crippen LogP contribution in [0.3, 0.4) is 0 Å². The molecule has 0 saturated heterocycles. The Kier molecular flexibility index (Phi) is 6.27. The summed E-state index contributed by atoms with van der Waals surface area (Å²) in [4.78, 5) is 27.8. The molecule has 1 amide bonds. The molecule has 0 radical (unpaired) electrons. The number of ether oxygens (including phenoxy) is 1. The van der Waals surface area contributed by atoms with Gasteiger partial charge in [-0.25, -0.2) is 4.68 Å². The van der Waals surface area contributed by atoms with Gasteiger partial charge in [-0.05, 0) is 45.0 Å². The van der Waals surface area contributed by atoms with Crippen LogP contribution in [0.25, 0.3) is 16.4 Å². The number of methoxy groups -OCH3 is 1. The quantitative estimate of drug-likeness (QED) is 0.629. The Hall–Kier alpha value is -2.87. The van der Waals surface area contributed by atoms with Gasteiger partial charge < -0.3 is 15.0 Å². The van der Waals surface area contributed by atoms with Gasteiger partial charge in [-0.3, -0.25) is 14.0 Å². The normalized spacial score (nSPS) is 15.1. The van der Waals surface area contributed by atoms with Crippen molar-refractivity contribution in [2.24, 2.45) is 0 Å². The van der Waals surface area contributed by atoms with Crippen LogP contribution in [0.4, 0.5) is 0 Å². The van der Waals surface area contributed by atoms with Gasteiger partial charge in [0.1, 0.15) is 23.6 Å². The number of carbonyl (C=O) groups excluding carboxylic acids is 1. The Balaban J connectivity index is 1.47. The van der Waals surface area contributed by atoms with Gasteiger partial charge in [0.15, 0.2) is 0 Å². The molecular weight excluding hydrogens is 394 g/mol. The second kappa shape index (κ2) is 9.09. The van der Waals surface area contributed by atoms with E-state index in [9.17, 15) is 9.59 Å². The molecule has 1 saturated carbocycles. The van der Waals surface area contributed by atoms with Gasteiger partial charge >= 0.3 is 0 Å². The van der Waals surface area contributed by atoms with Gasteiger partial charge in [0, 0.05) is 24.5 Å². The van der Waals surface area contributed by atoms with Crippen LogP contribution in [0.1, 0.15) is 37.9 Å². The predicted octanol–water partition coefficient (Wildman–Crippen LogP) is 2.35. The largest absolute Gasteiger partial charge is 0.496 e. The summed E-state index contributed by atoms with van der Waals surface area (Å²) >= 11 is 0. The lowest BCUT2D eigenvalue weighted by Gasteiger charge is -2.31. The van der Waals surface area contributed by atoms with Crippen LogP contribution in [0.5, 0.6) is 5.75 Å². The van der Waals surface area contributed by atoms with Crippen molar-refractivity contribution < 1.29 is 9.53 Å². The fourth-order valence-electron chi connectivity index (χ4n) is 4.66. The van der Waals surface area contributed by atoms with Crippen LogP contribution in [-0.4, -0.2) is 58.3 Å². The molecule has 1 aliphatic carbocycles. The maximum Gasteiger partial charge on any atom is 0.291 e. The van der Waals surface area contributed by atoms with Crippen LogP contribution in [0, 0.1) is 6.92 Å². The molecule has 8 nitrogen and oxygen atoms in total. The fourth-order valence-corrected chi connectivity index (χ4v) is 4.66. The molecule has 4 rings (SSSR count). The zero-order valence-corrected chi connectivity index (χ0v) is 18.6. The maximum atomic E-state index is 13.0. The SMILES string of the molecule is COc1cccc2c1cc1c(=O)n(CC(=O)NCCN(C)C3CCCCC3)nc(C)n12. The van der Waals surface area contributed by atoms with Gasteiger partial charge in [0.05, 0.1) is 12.6 Å². The highest BCUT2D eigenvalue weighted by Crippen LogP contribution is 2.28. The molecule has 0 spiro atoms. The van der Waals surface area contributed by atoms with E-state index in [1.54, 1.807) is 13.2 Å². The molecule has 1 fully saturated rings. The van der Waals surface area contributed by atoms with Gasteiger partial charge in [-0.2, -0.15) is 5.10 Å². The molecule has 3 aromatic rings. The number of aromatic nitrogens is 3. The number of hydrogen-bond acceptors (Lipinski definition) is 5. The molecule has 1 aliphatic rings. The lowest BCUT2D eigenvalue weighted by atomic mass is 9.94. The van der Waals surface area contributed by atoms with Crippen molar-refractivity contribution in [1.29, 1.82) is 0 Å². The number of nitrogens with zero attached hydrogens (tertiary/aromatic N) is 4. The number of fused-ring (bicyclic) bond motifs is 3. The third kappa shape index (κ3) is 4.30. The summed E-state index contributed by atoms with van der Waals surface area (Å²) < 4.78 is 8.49. The first kappa shape index (κ1) is 21.4. The van der Waals surface area contributed by atoms with Crippen molar-refractivity contribution >= 4 is 22.3 Å². The van der Waals surface area contributed by atoms with Crippen molar-refractivity contribution in [3.05, 3.63) is 40.4 Å². The molecule has 0 atom stereocenters. The van der Waals surface area contributed by atoms with Crippen molar-refractivity contribution in [2.45, 2.75) is 51.6 Å². The highest BCUT2D eigenvalue weighted by Gasteiger charge is 2.18. The van der Waals surface area contributed by atoms with E-state index in [1.165, 1.54) is 36.8 Å². The van der Waals surface area contributed by atoms with Crippen LogP contribution in [0.15, 0.2) is 29.1 Å². The Bertz CT molecular complexity index is 1140. The number of aryl methyl sites for hydroxylation is 1. The lowest BCUT2D eigenvalue weighted by molar-refractivity contribution is -0.122. The molecule has 2 heterocycles. The first-order valence-electron chi connectivity index (χ1n) is 11.0. The summed E-state index contributed by atoms with van der Waals surface area (Å²) in [5.41, 5.74) is 1.05. The lowest BCUT2D eigenvalue weighted by Crippen LogP contribution is -2.41. The number of likely N-dealkylation sites (N-methyl/N-ethyl adjacent to an activating group) is 1. The minimum atomic E-state index is -0.293. The summed E-state index contributed by atoms with van der Waals surface area (Å²) in [6, 6.07) is 8.09. The number of carbonyl (C=O) groups is 1. The average Bonchev–Trinajstić information content (AvgIpc) is 3.18. The van der Waals surface area contributed by atoms with Crippen molar-refractivity contribution in [3.8, 4) is 5.75 Å². The number of amides is 1. The minimum absolute atomic E-state index is 0.0953. The standard InChI is InChI=1S/C23H31N5O3/c1-16-25-27(15-22(29)24-12-13-26(2)17-8-5-4-6-9-17)23(30)20-14-18-19(28(16)20)10-7-11-21(18)31-3/h7,10-11,14,17H,4-6,8-9,12-13,15H2,1-3H3,(H,24,29). The Morgan fingerprint density at radius 1 is 1.26 bits per heavy atom. The molecular formula is C23H31N5O3. The number of rotatable bonds is 7. The van der Waals surface area contributed by atoms with E-state index in [-0.39, 0.29) is 18.0 Å². The maximum absolute atomic E-state index is 13.0. The van der Waals surface area contributed by atoms with E-state index in [0.717, 1.165) is 17.4 Å². The third-order valence-electron chi connectivity index (χ3n) is 6.35. The van der Waals surface area contributed by atoms with Crippen molar-refractivity contribution in [2.75, 3.05) is 27.2 Å². The highest BCUT2D eigenvalue weighted by atomic mass is 16.5. The topological polar surface area (TPSA) is 80.9 Å². The summed E-state index contributed by atoms with van der Waals surface area (Å²) in [6.07, 6.45) is 6.38. The molecule has 1 N–H and O–H groups in total. The Labute approximate surface area is 181 Å². The van der Waals surface area contributed by atoms with Gasteiger partial charge in [0.25, 0.3) is 5.56 Å². The Morgan fingerprint density at radius 2 is 2.03 bits per heavy atom. The van der Waals surface area contributed by atoms with Crippen molar-refractivity contribution in [1.82, 2.24) is 24.4 Å². The van der Waals surface area contributed by atoms with E-state index in [4.69, 9.17) is 4.74 Å². The van der Waals surface area contributed by atoms with E-state index in [2.05, 4.69) is 22.4 Å². The highest BCUT2D eigenvalue weighted by molar-refractivity contribution is 5.92. The van der Waals surface area contributed by atoms with Gasteiger partial charge in [-0.15, -0.1) is 0 Å². The van der Waals surface area contributed by atoms with E-state index < -0.39 is 0 Å². The van der Waals surface area contributed by atoms with Crippen LogP contribution in [0.2, 0.25) is 0 Å². The van der Waals surface area contributed by atoms with Crippen LogP contribution in [-0.2, 0) is 11.3 Å². The number of benzene rings is 1. The summed E-state index contributed by atoms with van der Waals surface area (Å²) in [5, 5.41) is 8.17. The average molecular weight is 426 g/mol. The van der Waals surface area contributed by atoms with Gasteiger partial charge in [-0.1, -0.05) is 25.3 Å². The second-order valence-electron chi connectivity index (χ2n) is 8.39. The fraction of sp³-hybridized carbons (Fsp3) is 0.522. The van der Waals surface area contributed by atoms with E-state index in [1.807, 2.05) is 29.5 Å². The van der Waals surface area contributed by atoms with Crippen molar-refractivity contribution in [3.63, 3.8) is 0 Å². The summed E-state index contributed by atoms with van der Waals surface area (Å²) in [7, 11) is 3.73. The van der Waals surface area contributed by atoms with E-state index >= 15 is 0 Å². The minimum Gasteiger partial charge on any atom is -0.496 e. The number of nitrogens with one attached hydrogen (secondary N) is 1. The molecule has 1 aromatic carbocycles. The Morgan fingerprint density at radius 3 is 2.77 bits per heavy atom. The smallest absolute Gasteiger partial charge is 0.291 e. The zero-order chi connectivity index (χ0) is 22.0. The van der Waals surface area contributed by atoms with Gasteiger partial charge in [0.2, 0.25) is 5.91 Å². The van der Waals surface area contributed by atoms with Crippen LogP contribution >= 0.6 is 0 Å². The molecule has 0 bridgehead atoms. The third-order valence-corrected chi connectivity index (χ3v) is 6.35. The summed E-state index contributed by atoms with van der Waals surface area (Å²) in [6.45, 7) is 3.11. The molecule has 0 unspecified atom stereocenters. The molecule has 0 aliphatic heterocycles.